The molecule has 1 aliphatic rings. The van der Waals surface area contributed by atoms with E-state index in [0.29, 0.717) is 28.9 Å². The molecule has 1 N–H and O–H groups in total. The Morgan fingerprint density at radius 1 is 1.16 bits per heavy atom. The Hall–Kier alpha value is -3.53. The van der Waals surface area contributed by atoms with Crippen molar-refractivity contribution in [1.82, 2.24) is 14.5 Å². The molecule has 0 atom stereocenters. The summed E-state index contributed by atoms with van der Waals surface area (Å²) in [5.74, 6) is -1.43. The van der Waals surface area contributed by atoms with Gasteiger partial charge in [0.15, 0.2) is 0 Å². The molecule has 3 aromatic heterocycles. The fourth-order valence-electron chi connectivity index (χ4n) is 3.99. The monoisotopic (exact) mass is 457 g/mol. The summed E-state index contributed by atoms with van der Waals surface area (Å²) >= 11 is 1.24. The van der Waals surface area contributed by atoms with E-state index < -0.39 is 28.8 Å². The second kappa shape index (κ2) is 7.86. The number of thiophene rings is 1. The smallest absolute Gasteiger partial charge is 0.329 e. The molecule has 0 saturated heterocycles. The second-order valence-electron chi connectivity index (χ2n) is 7.55. The standard InChI is InChI=1S/C22H17F2N3O4S/c23-15-4-1-5-16(24)14(15)9-18(28)26-7-6-13-17(11-26)32-20-19(13)21(29)27(22(30)25-20)10-12-3-2-8-31-12/h1-5,8H,6-7,9-11H2,(H,25,30). The molecule has 0 spiro atoms. The minimum atomic E-state index is -0.757. The van der Waals surface area contributed by atoms with Crippen molar-refractivity contribution in [3.05, 3.63) is 90.8 Å². The Kier molecular flexibility index (Phi) is 5.01. The minimum absolute atomic E-state index is 0.0144. The van der Waals surface area contributed by atoms with Crippen LogP contribution in [0.1, 0.15) is 21.8 Å². The van der Waals surface area contributed by atoms with Crippen LogP contribution in [0.5, 0.6) is 0 Å². The highest BCUT2D eigenvalue weighted by molar-refractivity contribution is 7.18. The summed E-state index contributed by atoms with van der Waals surface area (Å²) in [6.07, 6.45) is 1.49. The summed E-state index contributed by atoms with van der Waals surface area (Å²) in [7, 11) is 0. The number of rotatable bonds is 4. The number of carbonyl (C=O) groups is 1. The molecule has 0 radical (unpaired) electrons. The first-order valence-corrected chi connectivity index (χ1v) is 10.7. The van der Waals surface area contributed by atoms with Crippen molar-refractivity contribution in [3.8, 4) is 0 Å². The SMILES string of the molecule is O=C(Cc1c(F)cccc1F)N1CCc2c(sc3[nH]c(=O)n(Cc4ccco4)c(=O)c23)C1. The van der Waals surface area contributed by atoms with Crippen LogP contribution in [0.15, 0.2) is 50.6 Å². The van der Waals surface area contributed by atoms with E-state index in [0.717, 1.165) is 27.1 Å². The predicted molar refractivity (Wildman–Crippen MR) is 114 cm³/mol. The van der Waals surface area contributed by atoms with Crippen LogP contribution in [0.25, 0.3) is 10.2 Å². The molecule has 0 unspecified atom stereocenters. The molecule has 32 heavy (non-hydrogen) atoms. The van der Waals surface area contributed by atoms with Gasteiger partial charge in [-0.1, -0.05) is 6.07 Å². The Morgan fingerprint density at radius 2 is 1.94 bits per heavy atom. The lowest BCUT2D eigenvalue weighted by atomic mass is 10.0. The number of furan rings is 1. The van der Waals surface area contributed by atoms with E-state index in [1.165, 1.54) is 28.6 Å². The topological polar surface area (TPSA) is 88.3 Å². The highest BCUT2D eigenvalue weighted by atomic mass is 32.1. The quantitative estimate of drug-likeness (QED) is 0.511. The molecule has 0 saturated carbocycles. The Labute approximate surface area is 183 Å². The Balaban J connectivity index is 1.45. The number of carbonyl (C=O) groups excluding carboxylic acids is 1. The number of aromatic nitrogens is 2. The normalized spacial score (nSPS) is 13.5. The molecule has 10 heteroatoms. The van der Waals surface area contributed by atoms with Crippen molar-refractivity contribution >= 4 is 27.5 Å². The summed E-state index contributed by atoms with van der Waals surface area (Å²) in [6.45, 7) is 0.536. The van der Waals surface area contributed by atoms with E-state index in [4.69, 9.17) is 4.42 Å². The van der Waals surface area contributed by atoms with E-state index in [2.05, 4.69) is 4.98 Å². The summed E-state index contributed by atoms with van der Waals surface area (Å²) in [4.78, 5) is 43.8. The van der Waals surface area contributed by atoms with Gasteiger partial charge in [0.1, 0.15) is 22.2 Å². The molecule has 0 bridgehead atoms. The molecule has 164 valence electrons. The van der Waals surface area contributed by atoms with Crippen LogP contribution in [0.2, 0.25) is 0 Å². The number of nitrogens with one attached hydrogen (secondary N) is 1. The Bertz CT molecular complexity index is 1430. The Morgan fingerprint density at radius 3 is 2.66 bits per heavy atom. The average Bonchev–Trinajstić information content (AvgIpc) is 3.40. The van der Waals surface area contributed by atoms with Crippen LogP contribution in [0.3, 0.4) is 0 Å². The number of benzene rings is 1. The van der Waals surface area contributed by atoms with Crippen LogP contribution in [-0.2, 0) is 30.7 Å². The number of hydrogen-bond acceptors (Lipinski definition) is 5. The zero-order valence-electron chi connectivity index (χ0n) is 16.7. The van der Waals surface area contributed by atoms with Crippen LogP contribution in [-0.4, -0.2) is 26.9 Å². The largest absolute Gasteiger partial charge is 0.467 e. The van der Waals surface area contributed by atoms with Crippen LogP contribution in [0, 0.1) is 11.6 Å². The number of amides is 1. The summed E-state index contributed by atoms with van der Waals surface area (Å²) in [6, 6.07) is 6.86. The lowest BCUT2D eigenvalue weighted by Crippen LogP contribution is -2.38. The van der Waals surface area contributed by atoms with Crippen molar-refractivity contribution in [3.63, 3.8) is 0 Å². The molecule has 1 amide bonds. The molecule has 4 aromatic rings. The molecular weight excluding hydrogens is 440 g/mol. The van der Waals surface area contributed by atoms with E-state index in [-0.39, 0.29) is 25.1 Å². The molecule has 0 aliphatic carbocycles. The number of nitrogens with zero attached hydrogens (tertiary/aromatic N) is 2. The highest BCUT2D eigenvalue weighted by Crippen LogP contribution is 2.32. The lowest BCUT2D eigenvalue weighted by molar-refractivity contribution is -0.131. The van der Waals surface area contributed by atoms with Crippen molar-refractivity contribution in [2.24, 2.45) is 0 Å². The molecule has 5 rings (SSSR count). The maximum absolute atomic E-state index is 13.9. The van der Waals surface area contributed by atoms with Crippen molar-refractivity contribution in [2.75, 3.05) is 6.54 Å². The molecule has 1 aliphatic heterocycles. The maximum atomic E-state index is 13.9. The third-order valence-corrected chi connectivity index (χ3v) is 6.75. The zero-order chi connectivity index (χ0) is 22.4. The number of hydrogen-bond donors (Lipinski definition) is 1. The molecule has 4 heterocycles. The molecule has 1 aromatic carbocycles. The number of halogens is 2. The van der Waals surface area contributed by atoms with Gasteiger partial charge in [-0.05, 0) is 36.2 Å². The summed E-state index contributed by atoms with van der Waals surface area (Å²) in [5.41, 5.74) is -0.420. The van der Waals surface area contributed by atoms with Crippen molar-refractivity contribution in [2.45, 2.75) is 25.9 Å². The summed E-state index contributed by atoms with van der Waals surface area (Å²) in [5, 5.41) is 0.434. The van der Waals surface area contributed by atoms with Crippen LogP contribution >= 0.6 is 11.3 Å². The molecule has 0 fully saturated rings. The van der Waals surface area contributed by atoms with Crippen molar-refractivity contribution in [1.29, 1.82) is 0 Å². The average molecular weight is 457 g/mol. The predicted octanol–water partition coefficient (Wildman–Crippen LogP) is 2.80. The van der Waals surface area contributed by atoms with E-state index in [9.17, 15) is 23.2 Å². The minimum Gasteiger partial charge on any atom is -0.467 e. The van der Waals surface area contributed by atoms with Gasteiger partial charge in [-0.3, -0.25) is 19.1 Å². The van der Waals surface area contributed by atoms with E-state index in [1.54, 1.807) is 12.1 Å². The first-order valence-electron chi connectivity index (χ1n) is 9.93. The number of fused-ring (bicyclic) bond motifs is 3. The zero-order valence-corrected chi connectivity index (χ0v) is 17.5. The third kappa shape index (κ3) is 3.46. The molecular formula is C22H17F2N3O4S. The lowest BCUT2D eigenvalue weighted by Gasteiger charge is -2.27. The van der Waals surface area contributed by atoms with Gasteiger partial charge >= 0.3 is 5.69 Å². The van der Waals surface area contributed by atoms with Gasteiger partial charge in [0.05, 0.1) is 31.2 Å². The van der Waals surface area contributed by atoms with Gasteiger partial charge in [-0.15, -0.1) is 11.3 Å². The van der Waals surface area contributed by atoms with Gasteiger partial charge in [0, 0.05) is 17.0 Å². The first-order chi connectivity index (χ1) is 15.4. The fraction of sp³-hybridized carbons (Fsp3) is 0.227. The van der Waals surface area contributed by atoms with Crippen LogP contribution < -0.4 is 11.2 Å². The highest BCUT2D eigenvalue weighted by Gasteiger charge is 2.27. The van der Waals surface area contributed by atoms with Gasteiger partial charge in [0.2, 0.25) is 5.91 Å². The maximum Gasteiger partial charge on any atom is 0.329 e. The van der Waals surface area contributed by atoms with Crippen LogP contribution in [0.4, 0.5) is 8.78 Å². The second-order valence-corrected chi connectivity index (χ2v) is 8.66. The van der Waals surface area contributed by atoms with Crippen molar-refractivity contribution < 1.29 is 18.0 Å². The fourth-order valence-corrected chi connectivity index (χ4v) is 5.23. The number of aromatic amines is 1. The van der Waals surface area contributed by atoms with Gasteiger partial charge < -0.3 is 9.32 Å². The van der Waals surface area contributed by atoms with Gasteiger partial charge in [0.25, 0.3) is 5.56 Å². The van der Waals surface area contributed by atoms with E-state index in [1.807, 2.05) is 0 Å². The van der Waals surface area contributed by atoms with Gasteiger partial charge in [-0.25, -0.2) is 13.6 Å². The third-order valence-electron chi connectivity index (χ3n) is 5.62. The first kappa shape index (κ1) is 20.4. The molecule has 7 nitrogen and oxygen atoms in total. The van der Waals surface area contributed by atoms with Gasteiger partial charge in [-0.2, -0.15) is 0 Å². The summed E-state index contributed by atoms with van der Waals surface area (Å²) < 4.78 is 34.2. The van der Waals surface area contributed by atoms with E-state index >= 15 is 0 Å². The number of H-pyrrole nitrogens is 1.